The average Bonchev–Trinajstić information content (AvgIpc) is 2.57. The first-order chi connectivity index (χ1) is 12.4. The lowest BCUT2D eigenvalue weighted by Gasteiger charge is -2.41. The number of alkyl halides is 3. The van der Waals surface area contributed by atoms with Crippen molar-refractivity contribution in [1.82, 2.24) is 14.8 Å². The standard InChI is InChI=1S/C18H19F3N4O/c19-18(20,21)14-5-3-7-22-17(14)24-9-12(10-24)11-25-16(26)8-13-4-1-2-6-15(13)23-25/h3,5,7-8,12H,1-2,4,6,9-11H2. The van der Waals surface area contributed by atoms with Crippen molar-refractivity contribution in [2.24, 2.45) is 5.92 Å². The predicted octanol–water partition coefficient (Wildman–Crippen LogP) is 2.67. The van der Waals surface area contributed by atoms with Gasteiger partial charge >= 0.3 is 6.18 Å². The molecule has 2 aromatic rings. The zero-order chi connectivity index (χ0) is 18.3. The number of hydrogen-bond acceptors (Lipinski definition) is 4. The van der Waals surface area contributed by atoms with Crippen molar-refractivity contribution in [2.75, 3.05) is 18.0 Å². The zero-order valence-corrected chi connectivity index (χ0v) is 14.2. The Morgan fingerprint density at radius 3 is 2.73 bits per heavy atom. The first-order valence-electron chi connectivity index (χ1n) is 8.79. The summed E-state index contributed by atoms with van der Waals surface area (Å²) >= 11 is 0. The number of aromatic nitrogens is 3. The van der Waals surface area contributed by atoms with E-state index in [2.05, 4.69) is 10.1 Å². The summed E-state index contributed by atoms with van der Waals surface area (Å²) < 4.78 is 40.8. The van der Waals surface area contributed by atoms with Crippen LogP contribution in [0.4, 0.5) is 19.0 Å². The summed E-state index contributed by atoms with van der Waals surface area (Å²) in [6, 6.07) is 4.00. The number of pyridine rings is 1. The average molecular weight is 364 g/mol. The minimum Gasteiger partial charge on any atom is -0.355 e. The molecule has 1 aliphatic carbocycles. The van der Waals surface area contributed by atoms with E-state index in [9.17, 15) is 18.0 Å². The van der Waals surface area contributed by atoms with E-state index >= 15 is 0 Å². The molecule has 0 radical (unpaired) electrons. The highest BCUT2D eigenvalue weighted by atomic mass is 19.4. The molecule has 5 nitrogen and oxygen atoms in total. The normalized spacial score (nSPS) is 17.7. The molecular formula is C18H19F3N4O. The van der Waals surface area contributed by atoms with Crippen LogP contribution in [0.3, 0.4) is 0 Å². The second kappa shape index (κ2) is 6.41. The van der Waals surface area contributed by atoms with Gasteiger partial charge in [0.25, 0.3) is 5.56 Å². The van der Waals surface area contributed by atoms with Crippen LogP contribution in [0.5, 0.6) is 0 Å². The summed E-state index contributed by atoms with van der Waals surface area (Å²) in [6.45, 7) is 1.30. The summed E-state index contributed by atoms with van der Waals surface area (Å²) in [6.07, 6.45) is 0.889. The van der Waals surface area contributed by atoms with Gasteiger partial charge in [-0.3, -0.25) is 4.79 Å². The van der Waals surface area contributed by atoms with Gasteiger partial charge in [-0.2, -0.15) is 18.3 Å². The SMILES string of the molecule is O=c1cc2c(nn1CC1CN(c3ncccc3C(F)(F)F)C1)CCCC2. The summed E-state index contributed by atoms with van der Waals surface area (Å²) in [5, 5.41) is 4.48. The van der Waals surface area contributed by atoms with Crippen LogP contribution >= 0.6 is 0 Å². The van der Waals surface area contributed by atoms with Crippen molar-refractivity contribution in [1.29, 1.82) is 0 Å². The number of anilines is 1. The van der Waals surface area contributed by atoms with Crippen molar-refractivity contribution >= 4 is 5.82 Å². The fraction of sp³-hybridized carbons (Fsp3) is 0.500. The maximum atomic E-state index is 13.1. The Labute approximate surface area is 148 Å². The predicted molar refractivity (Wildman–Crippen MR) is 90.1 cm³/mol. The minimum atomic E-state index is -4.42. The highest BCUT2D eigenvalue weighted by molar-refractivity contribution is 5.50. The van der Waals surface area contributed by atoms with Crippen LogP contribution in [0.2, 0.25) is 0 Å². The molecule has 1 fully saturated rings. The van der Waals surface area contributed by atoms with Gasteiger partial charge in [-0.25, -0.2) is 9.67 Å². The summed E-state index contributed by atoms with van der Waals surface area (Å²) in [4.78, 5) is 17.7. The Bertz CT molecular complexity index is 871. The van der Waals surface area contributed by atoms with E-state index in [0.29, 0.717) is 19.6 Å². The van der Waals surface area contributed by atoms with Gasteiger partial charge in [0.15, 0.2) is 0 Å². The molecule has 0 bridgehead atoms. The van der Waals surface area contributed by atoms with Gasteiger partial charge in [-0.05, 0) is 43.4 Å². The van der Waals surface area contributed by atoms with E-state index in [1.807, 2.05) is 0 Å². The van der Waals surface area contributed by atoms with Gasteiger partial charge in [0, 0.05) is 31.3 Å². The van der Waals surface area contributed by atoms with Crippen LogP contribution in [-0.4, -0.2) is 27.9 Å². The van der Waals surface area contributed by atoms with Crippen LogP contribution in [0, 0.1) is 5.92 Å². The molecule has 1 saturated heterocycles. The molecule has 2 aliphatic rings. The maximum absolute atomic E-state index is 13.1. The van der Waals surface area contributed by atoms with E-state index < -0.39 is 11.7 Å². The molecule has 2 aromatic heterocycles. The summed E-state index contributed by atoms with van der Waals surface area (Å²) in [7, 11) is 0. The summed E-state index contributed by atoms with van der Waals surface area (Å²) in [5.41, 5.74) is 1.17. The van der Waals surface area contributed by atoms with Gasteiger partial charge < -0.3 is 4.90 Å². The second-order valence-electron chi connectivity index (χ2n) is 6.99. The molecule has 0 atom stereocenters. The van der Waals surface area contributed by atoms with Crippen LogP contribution in [0.25, 0.3) is 0 Å². The van der Waals surface area contributed by atoms with Crippen LogP contribution < -0.4 is 10.5 Å². The largest absolute Gasteiger partial charge is 0.419 e. The molecule has 3 heterocycles. The van der Waals surface area contributed by atoms with E-state index in [1.54, 1.807) is 11.0 Å². The van der Waals surface area contributed by atoms with Crippen LogP contribution in [0.15, 0.2) is 29.2 Å². The highest BCUT2D eigenvalue weighted by Crippen LogP contribution is 2.37. The van der Waals surface area contributed by atoms with Crippen molar-refractivity contribution in [2.45, 2.75) is 38.4 Å². The topological polar surface area (TPSA) is 51.0 Å². The Morgan fingerprint density at radius 1 is 1.19 bits per heavy atom. The molecule has 8 heteroatoms. The highest BCUT2D eigenvalue weighted by Gasteiger charge is 2.38. The third kappa shape index (κ3) is 3.20. The molecule has 138 valence electrons. The smallest absolute Gasteiger partial charge is 0.355 e. The lowest BCUT2D eigenvalue weighted by Crippen LogP contribution is -2.50. The molecule has 1 aliphatic heterocycles. The number of aryl methyl sites for hydroxylation is 2. The molecule has 0 saturated carbocycles. The van der Waals surface area contributed by atoms with E-state index in [-0.39, 0.29) is 17.3 Å². The first kappa shape index (κ1) is 17.1. The number of rotatable bonds is 3. The third-order valence-electron chi connectivity index (χ3n) is 5.05. The summed E-state index contributed by atoms with van der Waals surface area (Å²) in [5.74, 6) is 0.0481. The Morgan fingerprint density at radius 2 is 1.96 bits per heavy atom. The van der Waals surface area contributed by atoms with Gasteiger partial charge in [0.1, 0.15) is 5.82 Å². The van der Waals surface area contributed by atoms with Crippen molar-refractivity contribution in [3.8, 4) is 0 Å². The van der Waals surface area contributed by atoms with E-state index in [0.717, 1.165) is 43.0 Å². The van der Waals surface area contributed by atoms with Gasteiger partial charge in [-0.15, -0.1) is 0 Å². The molecule has 0 unspecified atom stereocenters. The number of fused-ring (bicyclic) bond motifs is 1. The molecule has 0 amide bonds. The fourth-order valence-corrected chi connectivity index (χ4v) is 3.70. The zero-order valence-electron chi connectivity index (χ0n) is 14.2. The van der Waals surface area contributed by atoms with Crippen LogP contribution in [-0.2, 0) is 25.6 Å². The third-order valence-corrected chi connectivity index (χ3v) is 5.05. The lowest BCUT2D eigenvalue weighted by molar-refractivity contribution is -0.137. The molecular weight excluding hydrogens is 345 g/mol. The Balaban J connectivity index is 1.46. The monoisotopic (exact) mass is 364 g/mol. The van der Waals surface area contributed by atoms with Crippen molar-refractivity contribution in [3.05, 3.63) is 51.6 Å². The maximum Gasteiger partial charge on any atom is 0.419 e. The first-order valence-corrected chi connectivity index (χ1v) is 8.79. The Hall–Kier alpha value is -2.38. The molecule has 4 rings (SSSR count). The number of nitrogens with zero attached hydrogens (tertiary/aromatic N) is 4. The number of hydrogen-bond donors (Lipinski definition) is 0. The molecule has 0 spiro atoms. The molecule has 0 aromatic carbocycles. The van der Waals surface area contributed by atoms with Gasteiger partial charge in [0.2, 0.25) is 0 Å². The van der Waals surface area contributed by atoms with Gasteiger partial charge in [-0.1, -0.05) is 0 Å². The molecule has 0 N–H and O–H groups in total. The lowest BCUT2D eigenvalue weighted by atomic mass is 9.96. The fourth-order valence-electron chi connectivity index (χ4n) is 3.70. The Kier molecular flexibility index (Phi) is 4.20. The van der Waals surface area contributed by atoms with Gasteiger partial charge in [0.05, 0.1) is 17.8 Å². The van der Waals surface area contributed by atoms with E-state index in [4.69, 9.17) is 0 Å². The van der Waals surface area contributed by atoms with Crippen LogP contribution in [0.1, 0.15) is 29.7 Å². The quantitative estimate of drug-likeness (QED) is 0.840. The van der Waals surface area contributed by atoms with Crippen molar-refractivity contribution in [3.63, 3.8) is 0 Å². The number of halogens is 3. The second-order valence-corrected chi connectivity index (χ2v) is 6.99. The van der Waals surface area contributed by atoms with Crippen molar-refractivity contribution < 1.29 is 13.2 Å². The van der Waals surface area contributed by atoms with E-state index in [1.165, 1.54) is 16.9 Å². The minimum absolute atomic E-state index is 0.0398. The molecule has 26 heavy (non-hydrogen) atoms.